The molecule has 1 aliphatic heterocycles. The number of hydrogen-bond acceptors (Lipinski definition) is 2. The maximum atomic E-state index is 5.32. The zero-order valence-electron chi connectivity index (χ0n) is 11.6. The highest BCUT2D eigenvalue weighted by molar-refractivity contribution is 5.18. The molecular formula is C16H25NO. The summed E-state index contributed by atoms with van der Waals surface area (Å²) in [6, 6.07) is 11.3. The SMILES string of the molecule is CCCCC(NCC1(C)COC1)c1ccccc1. The lowest BCUT2D eigenvalue weighted by atomic mass is 9.88. The van der Waals surface area contributed by atoms with E-state index in [0.29, 0.717) is 11.5 Å². The normalized spacial score (nSPS) is 19.2. The van der Waals surface area contributed by atoms with Crippen LogP contribution >= 0.6 is 0 Å². The van der Waals surface area contributed by atoms with Gasteiger partial charge in [-0.25, -0.2) is 0 Å². The summed E-state index contributed by atoms with van der Waals surface area (Å²) < 4.78 is 5.32. The molecule has 1 aromatic carbocycles. The van der Waals surface area contributed by atoms with Crippen molar-refractivity contribution in [3.8, 4) is 0 Å². The Labute approximate surface area is 111 Å². The van der Waals surface area contributed by atoms with E-state index in [0.717, 1.165) is 19.8 Å². The van der Waals surface area contributed by atoms with E-state index in [-0.39, 0.29) is 0 Å². The summed E-state index contributed by atoms with van der Waals surface area (Å²) in [5, 5.41) is 3.73. The average Bonchev–Trinajstić information content (AvgIpc) is 2.38. The molecular weight excluding hydrogens is 222 g/mol. The Bertz CT molecular complexity index is 345. The number of rotatable bonds is 7. The van der Waals surface area contributed by atoms with Crippen molar-refractivity contribution in [3.63, 3.8) is 0 Å². The van der Waals surface area contributed by atoms with Gasteiger partial charge in [0.25, 0.3) is 0 Å². The van der Waals surface area contributed by atoms with Gasteiger partial charge in [0.15, 0.2) is 0 Å². The molecule has 1 unspecified atom stereocenters. The molecule has 1 heterocycles. The maximum absolute atomic E-state index is 5.32. The molecule has 1 saturated heterocycles. The molecule has 0 aromatic heterocycles. The van der Waals surface area contributed by atoms with E-state index >= 15 is 0 Å². The molecule has 1 aromatic rings. The minimum atomic E-state index is 0.346. The van der Waals surface area contributed by atoms with Gasteiger partial charge >= 0.3 is 0 Å². The molecule has 2 nitrogen and oxygen atoms in total. The summed E-state index contributed by atoms with van der Waals surface area (Å²) in [4.78, 5) is 0. The molecule has 100 valence electrons. The van der Waals surface area contributed by atoms with Crippen LogP contribution in [0, 0.1) is 5.41 Å². The Balaban J connectivity index is 1.92. The zero-order valence-corrected chi connectivity index (χ0v) is 11.6. The number of nitrogens with one attached hydrogen (secondary N) is 1. The lowest BCUT2D eigenvalue weighted by molar-refractivity contribution is -0.100. The van der Waals surface area contributed by atoms with Crippen molar-refractivity contribution < 1.29 is 4.74 Å². The molecule has 2 rings (SSSR count). The van der Waals surface area contributed by atoms with Crippen LogP contribution in [0.1, 0.15) is 44.7 Å². The molecule has 0 spiro atoms. The van der Waals surface area contributed by atoms with Crippen molar-refractivity contribution in [2.45, 2.75) is 39.2 Å². The lowest BCUT2D eigenvalue weighted by Crippen LogP contribution is -2.48. The van der Waals surface area contributed by atoms with Gasteiger partial charge in [0.05, 0.1) is 13.2 Å². The molecule has 0 saturated carbocycles. The van der Waals surface area contributed by atoms with Crippen LogP contribution in [0.4, 0.5) is 0 Å². The Morgan fingerprint density at radius 2 is 2.00 bits per heavy atom. The first-order valence-electron chi connectivity index (χ1n) is 7.09. The fourth-order valence-electron chi connectivity index (χ4n) is 2.40. The van der Waals surface area contributed by atoms with Crippen LogP contribution < -0.4 is 5.32 Å². The van der Waals surface area contributed by atoms with Crippen molar-refractivity contribution in [2.75, 3.05) is 19.8 Å². The second-order valence-electron chi connectivity index (χ2n) is 5.79. The number of ether oxygens (including phenoxy) is 1. The van der Waals surface area contributed by atoms with E-state index in [9.17, 15) is 0 Å². The average molecular weight is 247 g/mol. The smallest absolute Gasteiger partial charge is 0.0554 e. The van der Waals surface area contributed by atoms with Gasteiger partial charge in [-0.05, 0) is 12.0 Å². The molecule has 18 heavy (non-hydrogen) atoms. The van der Waals surface area contributed by atoms with Crippen LogP contribution in [0.2, 0.25) is 0 Å². The Hall–Kier alpha value is -0.860. The topological polar surface area (TPSA) is 21.3 Å². The van der Waals surface area contributed by atoms with Crippen molar-refractivity contribution in [1.82, 2.24) is 5.32 Å². The van der Waals surface area contributed by atoms with Crippen molar-refractivity contribution in [2.24, 2.45) is 5.41 Å². The van der Waals surface area contributed by atoms with E-state index in [4.69, 9.17) is 4.74 Å². The largest absolute Gasteiger partial charge is 0.380 e. The quantitative estimate of drug-likeness (QED) is 0.795. The Morgan fingerprint density at radius 1 is 1.28 bits per heavy atom. The highest BCUT2D eigenvalue weighted by Gasteiger charge is 2.33. The van der Waals surface area contributed by atoms with Crippen molar-refractivity contribution in [3.05, 3.63) is 35.9 Å². The number of benzene rings is 1. The molecule has 0 aliphatic carbocycles. The first-order valence-corrected chi connectivity index (χ1v) is 7.09. The summed E-state index contributed by atoms with van der Waals surface area (Å²) in [5.41, 5.74) is 1.76. The summed E-state index contributed by atoms with van der Waals surface area (Å²) in [5.74, 6) is 0. The minimum Gasteiger partial charge on any atom is -0.380 e. The van der Waals surface area contributed by atoms with Crippen LogP contribution in [-0.2, 0) is 4.74 Å². The predicted molar refractivity (Wildman–Crippen MR) is 75.6 cm³/mol. The second-order valence-corrected chi connectivity index (χ2v) is 5.79. The minimum absolute atomic E-state index is 0.346. The molecule has 2 heteroatoms. The van der Waals surface area contributed by atoms with Gasteiger partial charge in [0.1, 0.15) is 0 Å². The fourth-order valence-corrected chi connectivity index (χ4v) is 2.40. The fraction of sp³-hybridized carbons (Fsp3) is 0.625. The van der Waals surface area contributed by atoms with Gasteiger partial charge in [0, 0.05) is 18.0 Å². The van der Waals surface area contributed by atoms with Gasteiger partial charge in [-0.1, -0.05) is 57.0 Å². The van der Waals surface area contributed by atoms with E-state index in [1.807, 2.05) is 0 Å². The third kappa shape index (κ3) is 3.56. The van der Waals surface area contributed by atoms with Gasteiger partial charge in [-0.2, -0.15) is 0 Å². The third-order valence-corrected chi connectivity index (χ3v) is 3.72. The monoisotopic (exact) mass is 247 g/mol. The lowest BCUT2D eigenvalue weighted by Gasteiger charge is -2.39. The molecule has 0 radical (unpaired) electrons. The maximum Gasteiger partial charge on any atom is 0.0554 e. The van der Waals surface area contributed by atoms with Gasteiger partial charge in [-0.3, -0.25) is 0 Å². The van der Waals surface area contributed by atoms with Crippen LogP contribution in [0.15, 0.2) is 30.3 Å². The van der Waals surface area contributed by atoms with Crippen molar-refractivity contribution >= 4 is 0 Å². The second kappa shape index (κ2) is 6.35. The third-order valence-electron chi connectivity index (χ3n) is 3.72. The molecule has 1 aliphatic rings. The van der Waals surface area contributed by atoms with Crippen LogP contribution in [0.25, 0.3) is 0 Å². The van der Waals surface area contributed by atoms with Crippen LogP contribution in [0.5, 0.6) is 0 Å². The van der Waals surface area contributed by atoms with E-state index in [1.165, 1.54) is 24.8 Å². The highest BCUT2D eigenvalue weighted by atomic mass is 16.5. The zero-order chi connectivity index (χ0) is 12.8. The van der Waals surface area contributed by atoms with E-state index in [2.05, 4.69) is 49.5 Å². The first-order chi connectivity index (χ1) is 8.73. The molecule has 1 atom stereocenters. The molecule has 1 N–H and O–H groups in total. The highest BCUT2D eigenvalue weighted by Crippen LogP contribution is 2.27. The molecule has 0 amide bonds. The summed E-state index contributed by atoms with van der Waals surface area (Å²) in [7, 11) is 0. The predicted octanol–water partition coefficient (Wildman–Crippen LogP) is 3.54. The summed E-state index contributed by atoms with van der Waals surface area (Å²) in [6.07, 6.45) is 3.75. The van der Waals surface area contributed by atoms with Gasteiger partial charge in [0.2, 0.25) is 0 Å². The first kappa shape index (κ1) is 13.6. The van der Waals surface area contributed by atoms with E-state index < -0.39 is 0 Å². The number of unbranched alkanes of at least 4 members (excludes halogenated alkanes) is 1. The molecule has 0 bridgehead atoms. The van der Waals surface area contributed by atoms with Gasteiger partial charge < -0.3 is 10.1 Å². The van der Waals surface area contributed by atoms with Crippen molar-refractivity contribution in [1.29, 1.82) is 0 Å². The van der Waals surface area contributed by atoms with Crippen LogP contribution in [-0.4, -0.2) is 19.8 Å². The number of hydrogen-bond donors (Lipinski definition) is 1. The van der Waals surface area contributed by atoms with Gasteiger partial charge in [-0.15, -0.1) is 0 Å². The Morgan fingerprint density at radius 3 is 2.56 bits per heavy atom. The van der Waals surface area contributed by atoms with E-state index in [1.54, 1.807) is 0 Å². The Kier molecular flexibility index (Phi) is 4.79. The summed E-state index contributed by atoms with van der Waals surface area (Å²) in [6.45, 7) is 7.40. The van der Waals surface area contributed by atoms with Crippen LogP contribution in [0.3, 0.4) is 0 Å². The molecule has 1 fully saturated rings. The standard InChI is InChI=1S/C16H25NO/c1-3-4-10-15(14-8-6-5-7-9-14)17-11-16(2)12-18-13-16/h5-9,15,17H,3-4,10-13H2,1-2H3. The summed E-state index contributed by atoms with van der Waals surface area (Å²) >= 11 is 0.